The molecule has 0 atom stereocenters. The van der Waals surface area contributed by atoms with Crippen LogP contribution in [0.15, 0.2) is 36.9 Å². The standard InChI is InChI=1S/C22H20ClF3N6O2.C7H13N/c1-3-18(33)31-6-8-32(9-7-31)20-13-10-15(23)12(11-16(13)28-21(30-20)34-2)19-14(22(24,25)26)4-5-17(27)29-19;1-8-6-2-3-7(8)4-5-7/h3-5,10-11H,1,6-9H2,2H3,(H2,27,29);2-6H2,1H3. The first-order valence-electron chi connectivity index (χ1n) is 13.7. The molecule has 1 aromatic carbocycles. The summed E-state index contributed by atoms with van der Waals surface area (Å²) in [5.41, 5.74) is 5.40. The average molecular weight is 604 g/mol. The van der Waals surface area contributed by atoms with E-state index >= 15 is 0 Å². The largest absolute Gasteiger partial charge is 0.467 e. The van der Waals surface area contributed by atoms with Gasteiger partial charge in [-0.05, 0) is 69.6 Å². The molecule has 42 heavy (non-hydrogen) atoms. The van der Waals surface area contributed by atoms with Crippen LogP contribution in [0.2, 0.25) is 5.02 Å². The van der Waals surface area contributed by atoms with E-state index in [1.54, 1.807) is 4.90 Å². The number of pyridine rings is 1. The summed E-state index contributed by atoms with van der Waals surface area (Å²) in [4.78, 5) is 30.7. The van der Waals surface area contributed by atoms with Crippen LogP contribution in [0.3, 0.4) is 0 Å². The highest BCUT2D eigenvalue weighted by atomic mass is 35.5. The monoisotopic (exact) mass is 603 g/mol. The summed E-state index contributed by atoms with van der Waals surface area (Å²) < 4.78 is 46.2. The average Bonchev–Trinajstić information content (AvgIpc) is 3.68. The minimum absolute atomic E-state index is 0.0295. The van der Waals surface area contributed by atoms with Gasteiger partial charge in [-0.3, -0.25) is 4.79 Å². The summed E-state index contributed by atoms with van der Waals surface area (Å²) in [6.07, 6.45) is 2.47. The van der Waals surface area contributed by atoms with Crippen molar-refractivity contribution in [2.45, 2.75) is 37.4 Å². The maximum absolute atomic E-state index is 13.6. The maximum Gasteiger partial charge on any atom is 0.418 e. The number of ether oxygens (including phenoxy) is 1. The Labute approximate surface area is 247 Å². The number of hydrogen-bond acceptors (Lipinski definition) is 8. The van der Waals surface area contributed by atoms with Crippen molar-refractivity contribution in [1.82, 2.24) is 24.8 Å². The minimum atomic E-state index is -4.66. The lowest BCUT2D eigenvalue weighted by molar-refractivity contribution is -0.137. The molecule has 1 spiro atoms. The smallest absolute Gasteiger partial charge is 0.418 e. The molecule has 0 unspecified atom stereocenters. The molecule has 2 aliphatic heterocycles. The van der Waals surface area contributed by atoms with Gasteiger partial charge in [0.25, 0.3) is 0 Å². The van der Waals surface area contributed by atoms with Gasteiger partial charge in [0.05, 0.1) is 28.9 Å². The number of rotatable bonds is 4. The molecule has 4 heterocycles. The van der Waals surface area contributed by atoms with Crippen LogP contribution in [-0.4, -0.2) is 83.1 Å². The zero-order valence-electron chi connectivity index (χ0n) is 23.5. The molecule has 9 nitrogen and oxygen atoms in total. The van der Waals surface area contributed by atoms with E-state index in [9.17, 15) is 18.0 Å². The third kappa shape index (κ3) is 5.96. The SMILES string of the molecule is C=CC(=O)N1CCN(c2nc(OC)nc3cc(-c4nc(N)ccc4C(F)(F)F)c(Cl)cc23)CC1.CN1CCCC12CC2. The van der Waals surface area contributed by atoms with E-state index in [0.29, 0.717) is 42.9 Å². The van der Waals surface area contributed by atoms with Crippen LogP contribution in [0, 0.1) is 0 Å². The first-order valence-corrected chi connectivity index (χ1v) is 14.1. The molecular formula is C29H33ClF3N7O2. The number of benzene rings is 1. The highest BCUT2D eigenvalue weighted by Crippen LogP contribution is 2.48. The second-order valence-electron chi connectivity index (χ2n) is 10.8. The van der Waals surface area contributed by atoms with Crippen molar-refractivity contribution >= 4 is 40.0 Å². The lowest BCUT2D eigenvalue weighted by Crippen LogP contribution is -2.48. The van der Waals surface area contributed by atoms with E-state index < -0.39 is 17.4 Å². The molecule has 224 valence electrons. The van der Waals surface area contributed by atoms with Gasteiger partial charge in [0.1, 0.15) is 11.6 Å². The highest BCUT2D eigenvalue weighted by Gasteiger charge is 2.48. The number of amides is 1. The Morgan fingerprint density at radius 1 is 1.10 bits per heavy atom. The van der Waals surface area contributed by atoms with Crippen molar-refractivity contribution < 1.29 is 22.7 Å². The van der Waals surface area contributed by atoms with Crippen LogP contribution in [0.4, 0.5) is 24.8 Å². The molecule has 1 amide bonds. The second kappa shape index (κ2) is 11.6. The normalized spacial score (nSPS) is 18.1. The molecule has 2 aromatic heterocycles. The maximum atomic E-state index is 13.6. The molecule has 1 aliphatic carbocycles. The fourth-order valence-corrected chi connectivity index (χ4v) is 5.90. The molecule has 1 saturated carbocycles. The molecule has 6 rings (SSSR count). The lowest BCUT2D eigenvalue weighted by atomic mass is 10.0. The lowest BCUT2D eigenvalue weighted by Gasteiger charge is -2.35. The summed E-state index contributed by atoms with van der Waals surface area (Å²) in [5.74, 6) is 0.261. The molecule has 2 saturated heterocycles. The van der Waals surface area contributed by atoms with Crippen molar-refractivity contribution in [3.05, 3.63) is 47.5 Å². The van der Waals surface area contributed by atoms with Gasteiger partial charge < -0.3 is 25.2 Å². The van der Waals surface area contributed by atoms with Gasteiger partial charge in [-0.1, -0.05) is 18.2 Å². The molecular weight excluding hydrogens is 571 g/mol. The van der Waals surface area contributed by atoms with Gasteiger partial charge in [0.2, 0.25) is 5.91 Å². The predicted octanol–water partition coefficient (Wildman–Crippen LogP) is 5.03. The summed E-state index contributed by atoms with van der Waals surface area (Å²) in [7, 11) is 3.66. The summed E-state index contributed by atoms with van der Waals surface area (Å²) >= 11 is 6.46. The summed E-state index contributed by atoms with van der Waals surface area (Å²) in [6, 6.07) is 4.92. The number of carbonyl (C=O) groups is 1. The number of nitrogen functional groups attached to an aromatic ring is 1. The van der Waals surface area contributed by atoms with Crippen molar-refractivity contribution in [3.8, 4) is 17.3 Å². The number of aromatic nitrogens is 3. The van der Waals surface area contributed by atoms with Crippen molar-refractivity contribution in [3.63, 3.8) is 0 Å². The number of methoxy groups -OCH3 is 1. The van der Waals surface area contributed by atoms with Gasteiger partial charge >= 0.3 is 12.2 Å². The topological polar surface area (TPSA) is 101 Å². The first kappa shape index (κ1) is 29.8. The Bertz CT molecular complexity index is 1500. The molecule has 0 bridgehead atoms. The number of anilines is 2. The van der Waals surface area contributed by atoms with E-state index in [0.717, 1.165) is 17.7 Å². The van der Waals surface area contributed by atoms with E-state index in [4.69, 9.17) is 22.1 Å². The van der Waals surface area contributed by atoms with Gasteiger partial charge in [-0.2, -0.15) is 23.1 Å². The van der Waals surface area contributed by atoms with E-state index in [1.807, 2.05) is 4.90 Å². The molecule has 13 heteroatoms. The summed E-state index contributed by atoms with van der Waals surface area (Å²) in [5, 5.41) is 0.557. The van der Waals surface area contributed by atoms with Crippen molar-refractivity contribution in [2.24, 2.45) is 0 Å². The van der Waals surface area contributed by atoms with E-state index in [1.165, 1.54) is 57.5 Å². The third-order valence-electron chi connectivity index (χ3n) is 8.24. The fourth-order valence-electron chi connectivity index (χ4n) is 5.65. The Kier molecular flexibility index (Phi) is 8.21. The van der Waals surface area contributed by atoms with Crippen LogP contribution < -0.4 is 15.4 Å². The van der Waals surface area contributed by atoms with Gasteiger partial charge in [-0.25, -0.2) is 4.98 Å². The highest BCUT2D eigenvalue weighted by molar-refractivity contribution is 6.34. The number of carbonyl (C=O) groups excluding carboxylic acids is 1. The molecule has 3 fully saturated rings. The minimum Gasteiger partial charge on any atom is -0.467 e. The number of nitrogens with zero attached hydrogens (tertiary/aromatic N) is 6. The number of hydrogen-bond donors (Lipinski definition) is 1. The number of fused-ring (bicyclic) bond motifs is 1. The van der Waals surface area contributed by atoms with Crippen LogP contribution in [0.25, 0.3) is 22.2 Å². The quantitative estimate of drug-likeness (QED) is 0.414. The zero-order valence-corrected chi connectivity index (χ0v) is 24.3. The Hall–Kier alpha value is -3.64. The fraction of sp³-hybridized carbons (Fsp3) is 0.448. The number of piperazine rings is 1. The van der Waals surface area contributed by atoms with Crippen LogP contribution >= 0.6 is 11.6 Å². The first-order chi connectivity index (χ1) is 20.0. The third-order valence-corrected chi connectivity index (χ3v) is 8.55. The van der Waals surface area contributed by atoms with Crippen LogP contribution in [0.5, 0.6) is 6.01 Å². The van der Waals surface area contributed by atoms with E-state index in [2.05, 4.69) is 33.5 Å². The van der Waals surface area contributed by atoms with Crippen LogP contribution in [0.1, 0.15) is 31.2 Å². The zero-order chi connectivity index (χ0) is 30.2. The molecule has 3 aromatic rings. The summed E-state index contributed by atoms with van der Waals surface area (Å²) in [6.45, 7) is 6.71. The number of halogens is 4. The second-order valence-corrected chi connectivity index (χ2v) is 11.2. The van der Waals surface area contributed by atoms with E-state index in [-0.39, 0.29) is 28.3 Å². The number of nitrogens with two attached hydrogens (primary N) is 1. The molecule has 3 aliphatic rings. The Morgan fingerprint density at radius 2 is 1.81 bits per heavy atom. The van der Waals surface area contributed by atoms with Crippen LogP contribution in [-0.2, 0) is 11.0 Å². The Balaban J connectivity index is 0.000000375. The van der Waals surface area contributed by atoms with Gasteiger partial charge in [0.15, 0.2) is 0 Å². The predicted molar refractivity (Wildman–Crippen MR) is 157 cm³/mol. The number of likely N-dealkylation sites (tertiary alicyclic amines) is 1. The van der Waals surface area contributed by atoms with Crippen molar-refractivity contribution in [2.75, 3.05) is 57.5 Å². The Morgan fingerprint density at radius 3 is 2.36 bits per heavy atom. The number of alkyl halides is 3. The molecule has 0 radical (unpaired) electrons. The van der Waals surface area contributed by atoms with Gasteiger partial charge in [0, 0.05) is 42.7 Å². The molecule has 2 N–H and O–H groups in total. The van der Waals surface area contributed by atoms with Crippen molar-refractivity contribution in [1.29, 1.82) is 0 Å². The van der Waals surface area contributed by atoms with Gasteiger partial charge in [-0.15, -0.1) is 0 Å².